The van der Waals surface area contributed by atoms with E-state index in [0.717, 1.165) is 5.75 Å². The maximum atomic E-state index is 11.2. The van der Waals surface area contributed by atoms with Crippen molar-refractivity contribution < 1.29 is 9.53 Å². The minimum atomic E-state index is -0.372. The van der Waals surface area contributed by atoms with Crippen molar-refractivity contribution in [3.8, 4) is 0 Å². The van der Waals surface area contributed by atoms with E-state index < -0.39 is 0 Å². The van der Waals surface area contributed by atoms with Crippen LogP contribution in [-0.4, -0.2) is 33.3 Å². The fourth-order valence-electron chi connectivity index (χ4n) is 1.31. The van der Waals surface area contributed by atoms with Crippen LogP contribution >= 0.6 is 34.4 Å². The number of benzene rings is 1. The first-order chi connectivity index (χ1) is 9.19. The van der Waals surface area contributed by atoms with Gasteiger partial charge in [0.2, 0.25) is 5.16 Å². The quantitative estimate of drug-likeness (QED) is 0.440. The largest absolute Gasteiger partial charge is 0.468 e. The Bertz CT molecular complexity index is 558. The van der Waals surface area contributed by atoms with Gasteiger partial charge in [0.05, 0.1) is 7.11 Å². The second-order valence-corrected chi connectivity index (χ2v) is 5.80. The van der Waals surface area contributed by atoms with Crippen LogP contribution in [-0.2, 0) is 21.8 Å². The van der Waals surface area contributed by atoms with Gasteiger partial charge in [0.1, 0.15) is 6.54 Å². The molecule has 0 aliphatic rings. The summed E-state index contributed by atoms with van der Waals surface area (Å²) in [6.45, 7) is 0.0263. The summed E-state index contributed by atoms with van der Waals surface area (Å²) in [5.74, 6) is 0.377. The minimum absolute atomic E-state index is 0.0263. The van der Waals surface area contributed by atoms with E-state index in [1.807, 2.05) is 12.1 Å². The standard InChI is InChI=1S/C11H11IN4O2S/c1-18-10(17)6-16-11(13-14-15-16)19-7-8-2-4-9(12)5-3-8/h2-5H,6-7H2,1H3. The Kier molecular flexibility index (Phi) is 5.14. The zero-order valence-electron chi connectivity index (χ0n) is 10.1. The van der Waals surface area contributed by atoms with Crippen molar-refractivity contribution in [2.75, 3.05) is 7.11 Å². The van der Waals surface area contributed by atoms with Gasteiger partial charge >= 0.3 is 5.97 Å². The summed E-state index contributed by atoms with van der Waals surface area (Å²) in [4.78, 5) is 11.2. The summed E-state index contributed by atoms with van der Waals surface area (Å²) in [6.07, 6.45) is 0. The number of tetrazole rings is 1. The van der Waals surface area contributed by atoms with Crippen molar-refractivity contribution in [3.05, 3.63) is 33.4 Å². The molecule has 8 heteroatoms. The molecule has 2 rings (SSSR count). The number of esters is 1. The molecule has 0 unspecified atom stereocenters. The molecule has 0 N–H and O–H groups in total. The summed E-state index contributed by atoms with van der Waals surface area (Å²) in [7, 11) is 1.34. The molecule has 0 amide bonds. The maximum Gasteiger partial charge on any atom is 0.327 e. The third-order valence-electron chi connectivity index (χ3n) is 2.29. The lowest BCUT2D eigenvalue weighted by molar-refractivity contribution is -0.141. The monoisotopic (exact) mass is 390 g/mol. The predicted molar refractivity (Wildman–Crippen MR) is 78.6 cm³/mol. The lowest BCUT2D eigenvalue weighted by Crippen LogP contribution is -2.13. The molecule has 0 aliphatic carbocycles. The fourth-order valence-corrected chi connectivity index (χ4v) is 2.51. The molecule has 0 spiro atoms. The van der Waals surface area contributed by atoms with Gasteiger partial charge in [0.15, 0.2) is 0 Å². The summed E-state index contributed by atoms with van der Waals surface area (Å²) in [5, 5.41) is 11.8. The van der Waals surface area contributed by atoms with Crippen LogP contribution in [0.2, 0.25) is 0 Å². The Balaban J connectivity index is 1.98. The van der Waals surface area contributed by atoms with Crippen molar-refractivity contribution in [3.63, 3.8) is 0 Å². The van der Waals surface area contributed by atoms with Gasteiger partial charge < -0.3 is 4.74 Å². The molecule has 1 aromatic carbocycles. The van der Waals surface area contributed by atoms with Crippen LogP contribution in [0.1, 0.15) is 5.56 Å². The number of carbonyl (C=O) groups is 1. The molecule has 0 fully saturated rings. The topological polar surface area (TPSA) is 69.9 Å². The van der Waals surface area contributed by atoms with E-state index in [0.29, 0.717) is 5.16 Å². The molecular weight excluding hydrogens is 379 g/mol. The van der Waals surface area contributed by atoms with Gasteiger partial charge in [-0.15, -0.1) is 5.10 Å². The van der Waals surface area contributed by atoms with Gasteiger partial charge in [-0.2, -0.15) is 0 Å². The Labute approximate surface area is 128 Å². The molecule has 0 saturated carbocycles. The summed E-state index contributed by atoms with van der Waals surface area (Å²) < 4.78 is 7.22. The van der Waals surface area contributed by atoms with Crippen molar-refractivity contribution in [2.45, 2.75) is 17.5 Å². The van der Waals surface area contributed by atoms with Gasteiger partial charge in [-0.05, 0) is 50.7 Å². The van der Waals surface area contributed by atoms with Gasteiger partial charge in [0.25, 0.3) is 0 Å². The molecule has 0 atom stereocenters. The highest BCUT2D eigenvalue weighted by atomic mass is 127. The number of hydrogen-bond acceptors (Lipinski definition) is 6. The Morgan fingerprint density at radius 3 is 2.84 bits per heavy atom. The molecule has 2 aromatic rings. The number of nitrogens with zero attached hydrogens (tertiary/aromatic N) is 4. The molecule has 100 valence electrons. The number of rotatable bonds is 5. The van der Waals surface area contributed by atoms with Crippen molar-refractivity contribution in [1.82, 2.24) is 20.2 Å². The summed E-state index contributed by atoms with van der Waals surface area (Å²) in [5.41, 5.74) is 1.18. The number of aromatic nitrogens is 4. The molecule has 19 heavy (non-hydrogen) atoms. The molecule has 0 saturated heterocycles. The number of methoxy groups -OCH3 is 1. The predicted octanol–water partition coefficient (Wildman–Crippen LogP) is 1.74. The second kappa shape index (κ2) is 6.85. The number of thioether (sulfide) groups is 1. The zero-order chi connectivity index (χ0) is 13.7. The van der Waals surface area contributed by atoms with E-state index in [1.165, 1.54) is 32.7 Å². The second-order valence-electron chi connectivity index (χ2n) is 3.61. The molecule has 1 aromatic heterocycles. The molecule has 1 heterocycles. The van der Waals surface area contributed by atoms with Gasteiger partial charge in [-0.3, -0.25) is 4.79 Å². The molecule has 0 aliphatic heterocycles. The van der Waals surface area contributed by atoms with E-state index in [4.69, 9.17) is 0 Å². The first-order valence-electron chi connectivity index (χ1n) is 5.39. The smallest absolute Gasteiger partial charge is 0.327 e. The lowest BCUT2D eigenvalue weighted by Gasteiger charge is -2.03. The van der Waals surface area contributed by atoms with E-state index in [1.54, 1.807) is 0 Å². The van der Waals surface area contributed by atoms with E-state index in [9.17, 15) is 4.79 Å². The van der Waals surface area contributed by atoms with Gasteiger partial charge in [-0.25, -0.2) is 4.68 Å². The van der Waals surface area contributed by atoms with Crippen molar-refractivity contribution >= 4 is 40.3 Å². The number of hydrogen-bond donors (Lipinski definition) is 0. The van der Waals surface area contributed by atoms with Crippen molar-refractivity contribution in [2.24, 2.45) is 0 Å². The first-order valence-corrected chi connectivity index (χ1v) is 7.45. The molecule has 0 bridgehead atoms. The van der Waals surface area contributed by atoms with Gasteiger partial charge in [-0.1, -0.05) is 23.9 Å². The van der Waals surface area contributed by atoms with Crippen LogP contribution in [0.15, 0.2) is 29.4 Å². The van der Waals surface area contributed by atoms with Crippen LogP contribution in [0.4, 0.5) is 0 Å². The highest BCUT2D eigenvalue weighted by Crippen LogP contribution is 2.20. The van der Waals surface area contributed by atoms with Crippen LogP contribution in [0.5, 0.6) is 0 Å². The van der Waals surface area contributed by atoms with E-state index in [-0.39, 0.29) is 12.5 Å². The highest BCUT2D eigenvalue weighted by Gasteiger charge is 2.11. The maximum absolute atomic E-state index is 11.2. The lowest BCUT2D eigenvalue weighted by atomic mass is 10.2. The van der Waals surface area contributed by atoms with E-state index in [2.05, 4.69) is 55.0 Å². The number of halogens is 1. The SMILES string of the molecule is COC(=O)Cn1nnnc1SCc1ccc(I)cc1. The number of ether oxygens (including phenoxy) is 1. The molecule has 0 radical (unpaired) electrons. The summed E-state index contributed by atoms with van der Waals surface area (Å²) >= 11 is 3.75. The first kappa shape index (κ1) is 14.3. The average Bonchev–Trinajstić information content (AvgIpc) is 2.85. The Hall–Kier alpha value is -1.16. The van der Waals surface area contributed by atoms with Crippen LogP contribution in [0.3, 0.4) is 0 Å². The average molecular weight is 390 g/mol. The normalized spacial score (nSPS) is 10.4. The zero-order valence-corrected chi connectivity index (χ0v) is 13.1. The fraction of sp³-hybridized carbons (Fsp3) is 0.273. The van der Waals surface area contributed by atoms with Crippen molar-refractivity contribution in [1.29, 1.82) is 0 Å². The molecular formula is C11H11IN4O2S. The highest BCUT2D eigenvalue weighted by molar-refractivity contribution is 14.1. The minimum Gasteiger partial charge on any atom is -0.468 e. The molecule has 6 nitrogen and oxygen atoms in total. The van der Waals surface area contributed by atoms with E-state index >= 15 is 0 Å². The third kappa shape index (κ3) is 4.16. The van der Waals surface area contributed by atoms with Crippen LogP contribution in [0.25, 0.3) is 0 Å². The van der Waals surface area contributed by atoms with Crippen LogP contribution in [0, 0.1) is 3.57 Å². The summed E-state index contributed by atoms with van der Waals surface area (Å²) in [6, 6.07) is 8.22. The number of carbonyl (C=O) groups excluding carboxylic acids is 1. The Morgan fingerprint density at radius 2 is 2.16 bits per heavy atom. The Morgan fingerprint density at radius 1 is 1.42 bits per heavy atom. The van der Waals surface area contributed by atoms with Gasteiger partial charge in [0, 0.05) is 9.32 Å². The third-order valence-corrected chi connectivity index (χ3v) is 4.03. The van der Waals surface area contributed by atoms with Crippen LogP contribution < -0.4 is 0 Å².